The minimum Gasteiger partial charge on any atom is -0.322 e. The summed E-state index contributed by atoms with van der Waals surface area (Å²) in [6, 6.07) is 4.94. The van der Waals surface area contributed by atoms with E-state index in [4.69, 9.17) is 0 Å². The molecule has 1 fully saturated rings. The highest BCUT2D eigenvalue weighted by Gasteiger charge is 2.26. The van der Waals surface area contributed by atoms with Gasteiger partial charge in [-0.3, -0.25) is 9.59 Å². The fraction of sp³-hybridized carbons (Fsp3) is 0.333. The van der Waals surface area contributed by atoms with E-state index < -0.39 is 39.7 Å². The fourth-order valence-electron chi connectivity index (χ4n) is 2.98. The zero-order chi connectivity index (χ0) is 20.3. The van der Waals surface area contributed by atoms with Crippen molar-refractivity contribution in [2.75, 3.05) is 18.4 Å². The summed E-state index contributed by atoms with van der Waals surface area (Å²) in [5.41, 5.74) is -0.816. The van der Waals surface area contributed by atoms with E-state index in [-0.39, 0.29) is 10.6 Å². The highest BCUT2D eigenvalue weighted by molar-refractivity contribution is 7.89. The van der Waals surface area contributed by atoms with Crippen LogP contribution in [0.2, 0.25) is 0 Å². The molecule has 0 atom stereocenters. The Morgan fingerprint density at radius 3 is 2.46 bits per heavy atom. The number of pyridine rings is 1. The minimum atomic E-state index is -3.77. The number of piperidine rings is 1. The third-order valence-corrected chi connectivity index (χ3v) is 6.31. The normalized spacial score (nSPS) is 15.4. The van der Waals surface area contributed by atoms with Gasteiger partial charge in [-0.15, -0.1) is 0 Å². The molecule has 0 bridgehead atoms. The van der Waals surface area contributed by atoms with Crippen molar-refractivity contribution in [3.8, 4) is 0 Å². The average molecular weight is 411 g/mol. The number of hydrogen-bond donors (Lipinski definition) is 1. The molecule has 28 heavy (non-hydrogen) atoms. The SMILES string of the molecule is O=C(Cn1cc(S(=O)(=O)N2CCCCC2)ccc1=O)Nc1ccc(F)cc1F. The van der Waals surface area contributed by atoms with Crippen LogP contribution in [0, 0.1) is 11.6 Å². The van der Waals surface area contributed by atoms with E-state index in [1.54, 1.807) is 0 Å². The lowest BCUT2D eigenvalue weighted by atomic mass is 10.2. The molecule has 1 N–H and O–H groups in total. The van der Waals surface area contributed by atoms with Gasteiger partial charge < -0.3 is 9.88 Å². The zero-order valence-electron chi connectivity index (χ0n) is 14.9. The maximum Gasteiger partial charge on any atom is 0.251 e. The molecule has 0 saturated carbocycles. The maximum atomic E-state index is 13.6. The van der Waals surface area contributed by atoms with Gasteiger partial charge in [-0.25, -0.2) is 17.2 Å². The van der Waals surface area contributed by atoms with E-state index in [0.29, 0.717) is 19.2 Å². The second-order valence-electron chi connectivity index (χ2n) is 6.47. The largest absolute Gasteiger partial charge is 0.322 e. The van der Waals surface area contributed by atoms with Gasteiger partial charge >= 0.3 is 0 Å². The van der Waals surface area contributed by atoms with Crippen LogP contribution >= 0.6 is 0 Å². The van der Waals surface area contributed by atoms with E-state index >= 15 is 0 Å². The summed E-state index contributed by atoms with van der Waals surface area (Å²) in [7, 11) is -3.77. The highest BCUT2D eigenvalue weighted by Crippen LogP contribution is 2.20. The van der Waals surface area contributed by atoms with Gasteiger partial charge in [0.25, 0.3) is 5.56 Å². The quantitative estimate of drug-likeness (QED) is 0.815. The van der Waals surface area contributed by atoms with E-state index in [9.17, 15) is 26.8 Å². The zero-order valence-corrected chi connectivity index (χ0v) is 15.7. The molecular formula is C18H19F2N3O4S. The Morgan fingerprint density at radius 2 is 1.79 bits per heavy atom. The molecule has 1 aliphatic heterocycles. The van der Waals surface area contributed by atoms with Crippen LogP contribution in [-0.2, 0) is 21.4 Å². The number of nitrogens with zero attached hydrogens (tertiary/aromatic N) is 2. The first-order chi connectivity index (χ1) is 13.3. The van der Waals surface area contributed by atoms with Gasteiger partial charge in [0.2, 0.25) is 15.9 Å². The summed E-state index contributed by atoms with van der Waals surface area (Å²) in [5.74, 6) is -2.50. The van der Waals surface area contributed by atoms with Crippen molar-refractivity contribution in [3.05, 3.63) is 58.5 Å². The predicted molar refractivity (Wildman–Crippen MR) is 98.3 cm³/mol. The molecule has 0 radical (unpaired) electrons. The number of aromatic nitrogens is 1. The molecule has 0 unspecified atom stereocenters. The van der Waals surface area contributed by atoms with Crippen molar-refractivity contribution >= 4 is 21.6 Å². The first kappa shape index (κ1) is 20.2. The summed E-state index contributed by atoms with van der Waals surface area (Å²) >= 11 is 0. The van der Waals surface area contributed by atoms with Gasteiger partial charge in [-0.2, -0.15) is 4.31 Å². The van der Waals surface area contributed by atoms with Crippen LogP contribution in [0.4, 0.5) is 14.5 Å². The number of carbonyl (C=O) groups is 1. The van der Waals surface area contributed by atoms with Crippen molar-refractivity contribution < 1.29 is 22.0 Å². The van der Waals surface area contributed by atoms with Crippen LogP contribution in [0.15, 0.2) is 46.2 Å². The predicted octanol–water partition coefficient (Wildman–Crippen LogP) is 1.94. The molecule has 0 spiro atoms. The molecule has 2 heterocycles. The van der Waals surface area contributed by atoms with Crippen LogP contribution in [0.25, 0.3) is 0 Å². The van der Waals surface area contributed by atoms with Crippen LogP contribution in [0.5, 0.6) is 0 Å². The minimum absolute atomic E-state index is 0.0882. The smallest absolute Gasteiger partial charge is 0.251 e. The number of rotatable bonds is 5. The number of sulfonamides is 1. The number of amides is 1. The molecule has 1 amide bonds. The maximum absolute atomic E-state index is 13.6. The monoisotopic (exact) mass is 411 g/mol. The molecule has 1 aliphatic rings. The Balaban J connectivity index is 1.79. The van der Waals surface area contributed by atoms with Gasteiger partial charge in [-0.05, 0) is 31.0 Å². The molecule has 2 aromatic rings. The van der Waals surface area contributed by atoms with Gasteiger partial charge in [-0.1, -0.05) is 6.42 Å². The van der Waals surface area contributed by atoms with Crippen LogP contribution in [0.3, 0.4) is 0 Å². The number of halogens is 2. The Kier molecular flexibility index (Phi) is 5.90. The van der Waals surface area contributed by atoms with Gasteiger partial charge in [0.05, 0.1) is 10.6 Å². The van der Waals surface area contributed by atoms with Crippen LogP contribution in [0.1, 0.15) is 19.3 Å². The standard InChI is InChI=1S/C18H19F2N3O4S/c19-13-4-6-16(15(20)10-13)21-17(24)12-22-11-14(5-7-18(22)25)28(26,27)23-8-2-1-3-9-23/h4-7,10-11H,1-3,8-9,12H2,(H,21,24). The molecular weight excluding hydrogens is 392 g/mol. The number of nitrogens with one attached hydrogen (secondary N) is 1. The van der Waals surface area contributed by atoms with Gasteiger partial charge in [0.1, 0.15) is 18.2 Å². The second kappa shape index (κ2) is 8.19. The van der Waals surface area contributed by atoms with Crippen molar-refractivity contribution in [1.29, 1.82) is 0 Å². The highest BCUT2D eigenvalue weighted by atomic mass is 32.2. The number of anilines is 1. The van der Waals surface area contributed by atoms with E-state index in [1.807, 2.05) is 0 Å². The summed E-state index contributed by atoms with van der Waals surface area (Å²) in [4.78, 5) is 24.1. The van der Waals surface area contributed by atoms with Crippen molar-refractivity contribution in [3.63, 3.8) is 0 Å². The molecule has 7 nitrogen and oxygen atoms in total. The molecule has 0 aliphatic carbocycles. The molecule has 3 rings (SSSR count). The number of benzene rings is 1. The number of carbonyl (C=O) groups excluding carboxylic acids is 1. The Morgan fingerprint density at radius 1 is 1.07 bits per heavy atom. The lowest BCUT2D eigenvalue weighted by molar-refractivity contribution is -0.116. The van der Waals surface area contributed by atoms with Crippen molar-refractivity contribution in [2.45, 2.75) is 30.7 Å². The van der Waals surface area contributed by atoms with Gasteiger partial charge in [0, 0.05) is 31.4 Å². The molecule has 1 aromatic heterocycles. The first-order valence-electron chi connectivity index (χ1n) is 8.73. The summed E-state index contributed by atoms with van der Waals surface area (Å²) in [6.45, 7) is 0.302. The summed E-state index contributed by atoms with van der Waals surface area (Å²) in [5, 5.41) is 2.23. The van der Waals surface area contributed by atoms with E-state index in [2.05, 4.69) is 5.32 Å². The van der Waals surface area contributed by atoms with Crippen molar-refractivity contribution in [1.82, 2.24) is 8.87 Å². The Hall–Kier alpha value is -2.59. The summed E-state index contributed by atoms with van der Waals surface area (Å²) in [6.07, 6.45) is 3.60. The topological polar surface area (TPSA) is 88.5 Å². The molecule has 150 valence electrons. The molecule has 10 heteroatoms. The lowest BCUT2D eigenvalue weighted by Crippen LogP contribution is -2.36. The lowest BCUT2D eigenvalue weighted by Gasteiger charge is -2.26. The second-order valence-corrected chi connectivity index (χ2v) is 8.41. The van der Waals surface area contributed by atoms with E-state index in [1.165, 1.54) is 10.4 Å². The van der Waals surface area contributed by atoms with Gasteiger partial charge in [0.15, 0.2) is 0 Å². The van der Waals surface area contributed by atoms with Crippen LogP contribution in [-0.4, -0.2) is 36.3 Å². The Labute approximate surface area is 160 Å². The first-order valence-corrected chi connectivity index (χ1v) is 10.2. The van der Waals surface area contributed by atoms with E-state index in [0.717, 1.165) is 48.2 Å². The number of hydrogen-bond acceptors (Lipinski definition) is 4. The third kappa shape index (κ3) is 4.45. The van der Waals surface area contributed by atoms with Crippen LogP contribution < -0.4 is 10.9 Å². The van der Waals surface area contributed by atoms with Crippen molar-refractivity contribution in [2.24, 2.45) is 0 Å². The molecule has 1 aromatic carbocycles. The summed E-state index contributed by atoms with van der Waals surface area (Å²) < 4.78 is 54.3. The molecule has 1 saturated heterocycles. The third-order valence-electron chi connectivity index (χ3n) is 4.43. The fourth-order valence-corrected chi connectivity index (χ4v) is 4.51. The average Bonchev–Trinajstić information content (AvgIpc) is 2.66. The Bertz CT molecular complexity index is 1050.